The minimum absolute atomic E-state index is 0.129. The van der Waals surface area contributed by atoms with E-state index in [9.17, 15) is 4.79 Å². The van der Waals surface area contributed by atoms with Crippen molar-refractivity contribution < 1.29 is 9.53 Å². The largest absolute Gasteiger partial charge is 0.494 e. The number of hydrogen-bond donors (Lipinski definition) is 0. The van der Waals surface area contributed by atoms with E-state index in [2.05, 4.69) is 0 Å². The second kappa shape index (κ2) is 5.75. The fourth-order valence-electron chi connectivity index (χ4n) is 1.30. The van der Waals surface area contributed by atoms with Crippen LogP contribution in [0.25, 0.3) is 0 Å². The van der Waals surface area contributed by atoms with Crippen molar-refractivity contribution in [3.8, 4) is 5.75 Å². The predicted molar refractivity (Wildman–Crippen MR) is 64.9 cm³/mol. The fraction of sp³-hybridized carbons (Fsp3) is 0.417. The molecule has 0 radical (unpaired) electrons. The Balaban J connectivity index is 2.86. The molecule has 0 aliphatic heterocycles. The number of halogens is 1. The molecule has 1 aromatic rings. The summed E-state index contributed by atoms with van der Waals surface area (Å²) >= 11 is 6.08. The summed E-state index contributed by atoms with van der Waals surface area (Å²) in [7, 11) is 3.37. The third-order valence-electron chi connectivity index (χ3n) is 2.12. The Morgan fingerprint density at radius 3 is 2.75 bits per heavy atom. The van der Waals surface area contributed by atoms with E-state index < -0.39 is 5.38 Å². The summed E-state index contributed by atoms with van der Waals surface area (Å²) in [6.07, 6.45) is 0. The van der Waals surface area contributed by atoms with E-state index in [4.69, 9.17) is 16.3 Å². The third kappa shape index (κ3) is 3.14. The van der Waals surface area contributed by atoms with Crippen LogP contribution in [0.3, 0.4) is 0 Å². The van der Waals surface area contributed by atoms with Crippen molar-refractivity contribution in [2.24, 2.45) is 0 Å². The van der Waals surface area contributed by atoms with Gasteiger partial charge in [0.25, 0.3) is 0 Å². The van der Waals surface area contributed by atoms with Crippen LogP contribution in [0.15, 0.2) is 24.3 Å². The van der Waals surface area contributed by atoms with Gasteiger partial charge in [-0.2, -0.15) is 0 Å². The lowest BCUT2D eigenvalue weighted by atomic mass is 10.1. The highest BCUT2D eigenvalue weighted by atomic mass is 35.5. The highest BCUT2D eigenvalue weighted by Gasteiger charge is 2.19. The van der Waals surface area contributed by atoms with Gasteiger partial charge in [-0.05, 0) is 24.6 Å². The van der Waals surface area contributed by atoms with Gasteiger partial charge in [-0.25, -0.2) is 0 Å². The molecule has 0 bridgehead atoms. The molecule has 0 fully saturated rings. The maximum Gasteiger partial charge on any atom is 0.244 e. The van der Waals surface area contributed by atoms with E-state index in [0.717, 1.165) is 11.3 Å². The lowest BCUT2D eigenvalue weighted by Crippen LogP contribution is -2.25. The second-order valence-corrected chi connectivity index (χ2v) is 4.04. The Bertz CT molecular complexity index is 366. The van der Waals surface area contributed by atoms with Gasteiger partial charge in [-0.15, -0.1) is 11.6 Å². The van der Waals surface area contributed by atoms with Crippen molar-refractivity contribution in [1.82, 2.24) is 4.90 Å². The number of alkyl halides is 1. The van der Waals surface area contributed by atoms with Gasteiger partial charge in [-0.1, -0.05) is 12.1 Å². The number of ether oxygens (including phenoxy) is 1. The molecule has 4 heteroatoms. The summed E-state index contributed by atoms with van der Waals surface area (Å²) in [5, 5.41) is -0.657. The lowest BCUT2D eigenvalue weighted by molar-refractivity contribution is -0.128. The number of benzene rings is 1. The van der Waals surface area contributed by atoms with Crippen LogP contribution in [0.4, 0.5) is 0 Å². The summed E-state index contributed by atoms with van der Waals surface area (Å²) in [5.74, 6) is 0.604. The van der Waals surface area contributed by atoms with Crippen LogP contribution in [-0.4, -0.2) is 31.5 Å². The van der Waals surface area contributed by atoms with E-state index in [1.807, 2.05) is 25.1 Å². The normalized spacial score (nSPS) is 12.0. The van der Waals surface area contributed by atoms with Gasteiger partial charge in [0.05, 0.1) is 6.61 Å². The second-order valence-electron chi connectivity index (χ2n) is 3.60. The number of carbonyl (C=O) groups excluding carboxylic acids is 1. The lowest BCUT2D eigenvalue weighted by Gasteiger charge is -2.16. The quantitative estimate of drug-likeness (QED) is 0.758. The molecule has 0 aromatic heterocycles. The van der Waals surface area contributed by atoms with Crippen LogP contribution in [0.2, 0.25) is 0 Å². The van der Waals surface area contributed by atoms with Crippen LogP contribution in [0, 0.1) is 0 Å². The molecule has 1 amide bonds. The Kier molecular flexibility index (Phi) is 4.62. The molecule has 0 aliphatic rings. The Labute approximate surface area is 101 Å². The number of carbonyl (C=O) groups is 1. The topological polar surface area (TPSA) is 29.5 Å². The Hall–Kier alpha value is -1.22. The molecule has 3 nitrogen and oxygen atoms in total. The molecule has 88 valence electrons. The number of rotatable bonds is 4. The summed E-state index contributed by atoms with van der Waals surface area (Å²) in [6.45, 7) is 2.51. The van der Waals surface area contributed by atoms with Crippen LogP contribution >= 0.6 is 11.6 Å². The molecule has 1 aromatic carbocycles. The van der Waals surface area contributed by atoms with Crippen molar-refractivity contribution in [2.75, 3.05) is 20.7 Å². The fourth-order valence-corrected chi connectivity index (χ4v) is 1.63. The zero-order chi connectivity index (χ0) is 12.1. The first-order valence-corrected chi connectivity index (χ1v) is 5.58. The zero-order valence-electron chi connectivity index (χ0n) is 9.74. The average Bonchev–Trinajstić information content (AvgIpc) is 2.28. The van der Waals surface area contributed by atoms with Gasteiger partial charge in [0.2, 0.25) is 5.91 Å². The van der Waals surface area contributed by atoms with E-state index in [1.54, 1.807) is 20.2 Å². The maximum absolute atomic E-state index is 11.7. The molecule has 0 saturated heterocycles. The number of amides is 1. The van der Waals surface area contributed by atoms with Gasteiger partial charge >= 0.3 is 0 Å². The minimum Gasteiger partial charge on any atom is -0.494 e. The summed E-state index contributed by atoms with van der Waals surface area (Å²) in [4.78, 5) is 13.1. The van der Waals surface area contributed by atoms with Crippen molar-refractivity contribution in [1.29, 1.82) is 0 Å². The summed E-state index contributed by atoms with van der Waals surface area (Å²) < 4.78 is 5.35. The maximum atomic E-state index is 11.7. The first kappa shape index (κ1) is 12.8. The smallest absolute Gasteiger partial charge is 0.244 e. The minimum atomic E-state index is -0.657. The highest BCUT2D eigenvalue weighted by Crippen LogP contribution is 2.25. The van der Waals surface area contributed by atoms with Gasteiger partial charge < -0.3 is 9.64 Å². The first-order valence-electron chi connectivity index (χ1n) is 5.14. The Morgan fingerprint density at radius 1 is 1.50 bits per heavy atom. The van der Waals surface area contributed by atoms with Gasteiger partial charge in [0.15, 0.2) is 0 Å². The van der Waals surface area contributed by atoms with Gasteiger partial charge in [-0.3, -0.25) is 4.79 Å². The van der Waals surface area contributed by atoms with E-state index in [-0.39, 0.29) is 5.91 Å². The van der Waals surface area contributed by atoms with E-state index >= 15 is 0 Å². The molecule has 0 N–H and O–H groups in total. The molecular weight excluding hydrogens is 226 g/mol. The number of nitrogens with zero attached hydrogens (tertiary/aromatic N) is 1. The molecular formula is C12H16ClNO2. The van der Waals surface area contributed by atoms with E-state index in [0.29, 0.717) is 6.61 Å². The molecule has 1 unspecified atom stereocenters. The zero-order valence-corrected chi connectivity index (χ0v) is 10.5. The van der Waals surface area contributed by atoms with Crippen LogP contribution in [-0.2, 0) is 4.79 Å². The Morgan fingerprint density at radius 2 is 2.19 bits per heavy atom. The molecule has 1 rings (SSSR count). The number of hydrogen-bond acceptors (Lipinski definition) is 2. The molecule has 0 saturated carbocycles. The SMILES string of the molecule is CCOc1cccc(C(Cl)C(=O)N(C)C)c1. The van der Waals surface area contributed by atoms with Crippen molar-refractivity contribution >= 4 is 17.5 Å². The van der Waals surface area contributed by atoms with E-state index in [1.165, 1.54) is 4.90 Å². The molecule has 0 heterocycles. The van der Waals surface area contributed by atoms with Gasteiger partial charge in [0.1, 0.15) is 11.1 Å². The van der Waals surface area contributed by atoms with Crippen LogP contribution in [0.1, 0.15) is 17.9 Å². The monoisotopic (exact) mass is 241 g/mol. The molecule has 16 heavy (non-hydrogen) atoms. The molecule has 1 atom stereocenters. The van der Waals surface area contributed by atoms with Crippen molar-refractivity contribution in [2.45, 2.75) is 12.3 Å². The van der Waals surface area contributed by atoms with Crippen LogP contribution < -0.4 is 4.74 Å². The first-order chi connectivity index (χ1) is 7.56. The van der Waals surface area contributed by atoms with Crippen molar-refractivity contribution in [3.63, 3.8) is 0 Å². The average molecular weight is 242 g/mol. The summed E-state index contributed by atoms with van der Waals surface area (Å²) in [5.41, 5.74) is 0.756. The van der Waals surface area contributed by atoms with Crippen molar-refractivity contribution in [3.05, 3.63) is 29.8 Å². The molecule has 0 spiro atoms. The number of likely N-dealkylation sites (N-methyl/N-ethyl adjacent to an activating group) is 1. The third-order valence-corrected chi connectivity index (χ3v) is 2.56. The predicted octanol–water partition coefficient (Wildman–Crippen LogP) is 2.45. The highest BCUT2D eigenvalue weighted by molar-refractivity contribution is 6.30. The molecule has 0 aliphatic carbocycles. The standard InChI is InChI=1S/C12H16ClNO2/c1-4-16-10-7-5-6-9(8-10)11(13)12(15)14(2)3/h5-8,11H,4H2,1-3H3. The van der Waals surface area contributed by atoms with Crippen LogP contribution in [0.5, 0.6) is 5.75 Å². The summed E-state index contributed by atoms with van der Waals surface area (Å²) in [6, 6.07) is 7.29. The van der Waals surface area contributed by atoms with Gasteiger partial charge in [0, 0.05) is 14.1 Å².